The van der Waals surface area contributed by atoms with Gasteiger partial charge in [-0.25, -0.2) is 19.1 Å². The normalized spacial score (nSPS) is 17.2. The first-order valence-electron chi connectivity index (χ1n) is 8.70. The molecule has 0 aliphatic carbocycles. The number of hydrogen-bond acceptors (Lipinski definition) is 6. The number of anilines is 2. The fraction of sp³-hybridized carbons (Fsp3) is 0.444. The van der Waals surface area contributed by atoms with Crippen LogP contribution in [0.5, 0.6) is 0 Å². The minimum absolute atomic E-state index is 0.0328. The number of hydrogen-bond donors (Lipinski definition) is 1. The Morgan fingerprint density at radius 1 is 1.34 bits per heavy atom. The van der Waals surface area contributed by atoms with Crippen LogP contribution in [0.15, 0.2) is 18.5 Å². The van der Waals surface area contributed by atoms with E-state index in [9.17, 15) is 18.0 Å². The summed E-state index contributed by atoms with van der Waals surface area (Å²) < 4.78 is 46.2. The first-order chi connectivity index (χ1) is 13.4. The van der Waals surface area contributed by atoms with Gasteiger partial charge in [-0.2, -0.15) is 13.8 Å². The van der Waals surface area contributed by atoms with Crippen LogP contribution in [0.25, 0.3) is 0 Å². The highest BCUT2D eigenvalue weighted by atomic mass is 35.5. The van der Waals surface area contributed by atoms with Gasteiger partial charge in [0.05, 0.1) is 22.8 Å². The average Bonchev–Trinajstić information content (AvgIpc) is 2.88. The van der Waals surface area contributed by atoms with Crippen LogP contribution in [0, 0.1) is 5.82 Å². The van der Waals surface area contributed by atoms with Crippen LogP contribution < -0.4 is 10.2 Å². The minimum Gasteiger partial charge on any atom is -0.447 e. The van der Waals surface area contributed by atoms with Gasteiger partial charge >= 0.3 is 6.09 Å². The molecule has 1 atom stereocenters. The van der Waals surface area contributed by atoms with E-state index in [0.29, 0.717) is 12.5 Å². The molecule has 1 amide bonds. The van der Waals surface area contributed by atoms with E-state index in [4.69, 9.17) is 16.3 Å². The number of pyridine rings is 1. The van der Waals surface area contributed by atoms with Gasteiger partial charge < -0.3 is 10.1 Å². The average molecular weight is 430 g/mol. The molecule has 11 heteroatoms. The number of amides is 1. The number of nitrogens with zero attached hydrogens (tertiary/aromatic N) is 4. The SMILES string of the molecule is C[C@H](Nc1ncc(F)c(N2C(=O)OCC2(C)C)n1)c1cnc(C(C)(F)F)c(Cl)c1. The number of ether oxygens (including phenoxy) is 1. The molecule has 0 unspecified atom stereocenters. The third kappa shape index (κ3) is 4.21. The molecule has 1 aliphatic rings. The fourth-order valence-corrected chi connectivity index (χ4v) is 3.20. The van der Waals surface area contributed by atoms with E-state index < -0.39 is 35.1 Å². The molecule has 0 bridgehead atoms. The van der Waals surface area contributed by atoms with E-state index in [0.717, 1.165) is 11.1 Å². The van der Waals surface area contributed by atoms with Gasteiger partial charge in [-0.1, -0.05) is 11.6 Å². The number of cyclic esters (lactones) is 1. The highest BCUT2D eigenvalue weighted by Crippen LogP contribution is 2.34. The maximum Gasteiger partial charge on any atom is 0.416 e. The van der Waals surface area contributed by atoms with E-state index in [1.165, 1.54) is 12.3 Å². The number of nitrogens with one attached hydrogen (secondary N) is 1. The molecule has 156 valence electrons. The van der Waals surface area contributed by atoms with Gasteiger partial charge in [0.2, 0.25) is 5.95 Å². The Hall–Kier alpha value is -2.62. The van der Waals surface area contributed by atoms with Crippen LogP contribution in [0.2, 0.25) is 5.02 Å². The van der Waals surface area contributed by atoms with E-state index in [1.807, 2.05) is 0 Å². The van der Waals surface area contributed by atoms with Crippen LogP contribution in [0.3, 0.4) is 0 Å². The zero-order chi connectivity index (χ0) is 21.6. The lowest BCUT2D eigenvalue weighted by Crippen LogP contribution is -2.43. The molecule has 0 radical (unpaired) electrons. The van der Waals surface area contributed by atoms with Gasteiger partial charge in [0.25, 0.3) is 5.92 Å². The first kappa shape index (κ1) is 21.1. The Bertz CT molecular complexity index is 952. The predicted molar refractivity (Wildman–Crippen MR) is 101 cm³/mol. The largest absolute Gasteiger partial charge is 0.447 e. The molecule has 1 aliphatic heterocycles. The second kappa shape index (κ2) is 7.33. The van der Waals surface area contributed by atoms with Crippen molar-refractivity contribution in [1.82, 2.24) is 15.0 Å². The lowest BCUT2D eigenvalue weighted by Gasteiger charge is -2.27. The quantitative estimate of drug-likeness (QED) is 0.743. The Morgan fingerprint density at radius 3 is 2.59 bits per heavy atom. The molecular weight excluding hydrogens is 411 g/mol. The highest BCUT2D eigenvalue weighted by Gasteiger charge is 2.43. The molecule has 3 heterocycles. The van der Waals surface area contributed by atoms with Crippen molar-refractivity contribution in [3.63, 3.8) is 0 Å². The standard InChI is InChI=1S/C18H19ClF3N5O2/c1-9(10-5-11(19)13(23-6-10)18(4,21)22)25-15-24-7-12(20)14(26-15)27-16(28)29-8-17(27,2)3/h5-7,9H,8H2,1-4H3,(H,24,25,26)/t9-/m0/s1. The molecule has 1 fully saturated rings. The zero-order valence-electron chi connectivity index (χ0n) is 16.1. The molecule has 29 heavy (non-hydrogen) atoms. The van der Waals surface area contributed by atoms with Crippen molar-refractivity contribution >= 4 is 29.5 Å². The second-order valence-corrected chi connectivity index (χ2v) is 7.83. The van der Waals surface area contributed by atoms with Crippen molar-refractivity contribution in [2.45, 2.75) is 45.2 Å². The minimum atomic E-state index is -3.17. The maximum atomic E-state index is 14.3. The van der Waals surface area contributed by atoms with Gasteiger partial charge in [0, 0.05) is 13.1 Å². The van der Waals surface area contributed by atoms with Crippen LogP contribution in [0.1, 0.15) is 45.0 Å². The Labute approximate surface area is 170 Å². The number of carbonyl (C=O) groups excluding carboxylic acids is 1. The molecule has 1 saturated heterocycles. The van der Waals surface area contributed by atoms with Gasteiger partial charge in [-0.05, 0) is 32.4 Å². The summed E-state index contributed by atoms with van der Waals surface area (Å²) in [6.07, 6.45) is 1.49. The number of carbonyl (C=O) groups is 1. The molecule has 1 N–H and O–H groups in total. The number of alkyl halides is 2. The summed E-state index contributed by atoms with van der Waals surface area (Å²) >= 11 is 5.93. The van der Waals surface area contributed by atoms with Crippen molar-refractivity contribution < 1.29 is 22.7 Å². The van der Waals surface area contributed by atoms with Crippen molar-refractivity contribution in [3.05, 3.63) is 40.6 Å². The summed E-state index contributed by atoms with van der Waals surface area (Å²) in [5.74, 6) is -4.14. The van der Waals surface area contributed by atoms with Crippen molar-refractivity contribution in [2.75, 3.05) is 16.8 Å². The maximum absolute atomic E-state index is 14.3. The second-order valence-electron chi connectivity index (χ2n) is 7.42. The lowest BCUT2D eigenvalue weighted by atomic mass is 10.1. The fourth-order valence-electron chi connectivity index (χ4n) is 2.86. The summed E-state index contributed by atoms with van der Waals surface area (Å²) in [7, 11) is 0. The summed E-state index contributed by atoms with van der Waals surface area (Å²) in [5, 5.41) is 2.75. The van der Waals surface area contributed by atoms with Crippen LogP contribution in [0.4, 0.5) is 29.7 Å². The van der Waals surface area contributed by atoms with Gasteiger partial charge in [-0.15, -0.1) is 0 Å². The van der Waals surface area contributed by atoms with E-state index in [2.05, 4.69) is 20.3 Å². The Morgan fingerprint density at radius 2 is 2.03 bits per heavy atom. The summed E-state index contributed by atoms with van der Waals surface area (Å²) in [5.41, 5.74) is -0.808. The summed E-state index contributed by atoms with van der Waals surface area (Å²) in [4.78, 5) is 24.9. The molecule has 7 nitrogen and oxygen atoms in total. The Kier molecular flexibility index (Phi) is 5.33. The molecule has 0 aromatic carbocycles. The third-order valence-electron chi connectivity index (χ3n) is 4.40. The van der Waals surface area contributed by atoms with E-state index >= 15 is 0 Å². The topological polar surface area (TPSA) is 80.2 Å². The van der Waals surface area contributed by atoms with Gasteiger partial charge in [-0.3, -0.25) is 4.98 Å². The first-order valence-corrected chi connectivity index (χ1v) is 9.08. The smallest absolute Gasteiger partial charge is 0.416 e. The molecule has 2 aromatic rings. The van der Waals surface area contributed by atoms with Crippen molar-refractivity contribution in [2.24, 2.45) is 0 Å². The van der Waals surface area contributed by atoms with E-state index in [-0.39, 0.29) is 23.4 Å². The lowest BCUT2D eigenvalue weighted by molar-refractivity contribution is 0.0128. The predicted octanol–water partition coefficient (Wildman–Crippen LogP) is 4.68. The number of aromatic nitrogens is 3. The molecule has 0 spiro atoms. The number of halogens is 4. The monoisotopic (exact) mass is 429 g/mol. The highest BCUT2D eigenvalue weighted by molar-refractivity contribution is 6.31. The van der Waals surface area contributed by atoms with E-state index in [1.54, 1.807) is 20.8 Å². The summed E-state index contributed by atoms with van der Waals surface area (Å²) in [6, 6.07) is 0.876. The van der Waals surface area contributed by atoms with Crippen molar-refractivity contribution in [1.29, 1.82) is 0 Å². The molecule has 0 saturated carbocycles. The van der Waals surface area contributed by atoms with Crippen LogP contribution >= 0.6 is 11.6 Å². The van der Waals surface area contributed by atoms with Gasteiger partial charge in [0.15, 0.2) is 11.6 Å². The Balaban J connectivity index is 1.86. The molecular formula is C18H19ClF3N5O2. The zero-order valence-corrected chi connectivity index (χ0v) is 16.9. The molecule has 3 rings (SSSR count). The van der Waals surface area contributed by atoms with Crippen LogP contribution in [-0.4, -0.2) is 33.2 Å². The van der Waals surface area contributed by atoms with Crippen LogP contribution in [-0.2, 0) is 10.7 Å². The molecule has 2 aromatic heterocycles. The summed E-state index contributed by atoms with van der Waals surface area (Å²) in [6.45, 7) is 5.94. The third-order valence-corrected chi connectivity index (χ3v) is 4.69. The van der Waals surface area contributed by atoms with Crippen molar-refractivity contribution in [3.8, 4) is 0 Å². The number of rotatable bonds is 5. The van der Waals surface area contributed by atoms with Gasteiger partial charge in [0.1, 0.15) is 12.3 Å².